The first-order valence-corrected chi connectivity index (χ1v) is 2.73. The summed E-state index contributed by atoms with van der Waals surface area (Å²) in [7, 11) is 0. The van der Waals surface area contributed by atoms with E-state index in [0.717, 1.165) is 0 Å². The molecule has 0 aliphatic rings. The first kappa shape index (κ1) is 9.13. The first-order chi connectivity index (χ1) is 4.54. The van der Waals surface area contributed by atoms with Gasteiger partial charge in [0.05, 0.1) is 0 Å². The molecule has 0 aromatic heterocycles. The van der Waals surface area contributed by atoms with E-state index in [4.69, 9.17) is 10.2 Å². The number of hydrogen-bond donors (Lipinski definition) is 2. The zero-order valence-corrected chi connectivity index (χ0v) is 5.70. The normalized spacial score (nSPS) is 9.60. The Hall–Kier alpha value is -0.870. The molecule has 2 N–H and O–H groups in total. The maximum Gasteiger partial charge on any atom is 0.333 e. The van der Waals surface area contributed by atoms with Crippen molar-refractivity contribution >= 4 is 5.97 Å². The van der Waals surface area contributed by atoms with Crippen LogP contribution in [0.4, 0.5) is 0 Å². The molecule has 0 aromatic carbocycles. The zero-order chi connectivity index (χ0) is 8.15. The molecule has 0 saturated heterocycles. The number of esters is 1. The third-order valence-corrected chi connectivity index (χ3v) is 0.712. The van der Waals surface area contributed by atoms with Gasteiger partial charge in [0.15, 0.2) is 6.29 Å². The van der Waals surface area contributed by atoms with Crippen molar-refractivity contribution in [3.8, 4) is 0 Å². The van der Waals surface area contributed by atoms with Crippen LogP contribution in [0.25, 0.3) is 0 Å². The van der Waals surface area contributed by atoms with Gasteiger partial charge in [0, 0.05) is 5.57 Å². The first-order valence-electron chi connectivity index (χ1n) is 2.73. The third kappa shape index (κ3) is 4.05. The lowest BCUT2D eigenvalue weighted by atomic mass is 10.4. The van der Waals surface area contributed by atoms with Crippen LogP contribution in [-0.2, 0) is 9.53 Å². The number of carbonyl (C=O) groups is 1. The quantitative estimate of drug-likeness (QED) is 0.317. The minimum Gasteiger partial charge on any atom is -0.457 e. The Balaban J connectivity index is 3.50. The smallest absolute Gasteiger partial charge is 0.333 e. The van der Waals surface area contributed by atoms with Gasteiger partial charge in [-0.15, -0.1) is 0 Å². The van der Waals surface area contributed by atoms with Crippen LogP contribution in [0.5, 0.6) is 0 Å². The summed E-state index contributed by atoms with van der Waals surface area (Å²) in [4.78, 5) is 10.5. The molecule has 0 radical (unpaired) electrons. The van der Waals surface area contributed by atoms with Gasteiger partial charge in [0.25, 0.3) is 0 Å². The Kier molecular flexibility index (Phi) is 3.68. The van der Waals surface area contributed by atoms with Gasteiger partial charge in [0.1, 0.15) is 6.61 Å². The molecule has 0 amide bonds. The minimum atomic E-state index is -1.61. The number of rotatable bonds is 3. The van der Waals surface area contributed by atoms with Gasteiger partial charge in [0.2, 0.25) is 0 Å². The van der Waals surface area contributed by atoms with Crippen molar-refractivity contribution in [1.82, 2.24) is 0 Å². The summed E-state index contributed by atoms with van der Waals surface area (Å²) in [6.07, 6.45) is -1.61. The SMILES string of the molecule is C=C(C)C(=O)OCC(O)O. The molecule has 58 valence electrons. The van der Waals surface area contributed by atoms with Gasteiger partial charge >= 0.3 is 5.97 Å². The van der Waals surface area contributed by atoms with E-state index in [1.54, 1.807) is 0 Å². The molecule has 0 unspecified atom stereocenters. The summed E-state index contributed by atoms with van der Waals surface area (Å²) in [5.41, 5.74) is 0.237. The van der Waals surface area contributed by atoms with Crippen molar-refractivity contribution < 1.29 is 19.7 Å². The maximum atomic E-state index is 10.5. The predicted octanol–water partition coefficient (Wildman–Crippen LogP) is -0.584. The van der Waals surface area contributed by atoms with Crippen molar-refractivity contribution in [1.29, 1.82) is 0 Å². The number of hydrogen-bond acceptors (Lipinski definition) is 4. The number of carbonyl (C=O) groups excluding carboxylic acids is 1. The highest BCUT2D eigenvalue weighted by Crippen LogP contribution is 1.91. The molecule has 10 heavy (non-hydrogen) atoms. The fraction of sp³-hybridized carbons (Fsp3) is 0.500. The second kappa shape index (κ2) is 4.03. The van der Waals surface area contributed by atoms with E-state index in [9.17, 15) is 4.79 Å². The van der Waals surface area contributed by atoms with Crippen LogP contribution in [0.1, 0.15) is 6.92 Å². The molecule has 0 bridgehead atoms. The standard InChI is InChI=1S/C6H10O4/c1-4(2)6(9)10-3-5(7)8/h5,7-8H,1,3H2,2H3. The topological polar surface area (TPSA) is 66.8 Å². The number of ether oxygens (including phenoxy) is 1. The largest absolute Gasteiger partial charge is 0.457 e. The zero-order valence-electron chi connectivity index (χ0n) is 5.70. The Bertz CT molecular complexity index is 139. The fourth-order valence-corrected chi connectivity index (χ4v) is 0.273. The van der Waals surface area contributed by atoms with E-state index in [0.29, 0.717) is 0 Å². The average molecular weight is 146 g/mol. The third-order valence-electron chi connectivity index (χ3n) is 0.712. The molecular formula is C6H10O4. The van der Waals surface area contributed by atoms with Crippen LogP contribution in [0.15, 0.2) is 12.2 Å². The van der Waals surface area contributed by atoms with Crippen molar-refractivity contribution in [2.75, 3.05) is 6.61 Å². The van der Waals surface area contributed by atoms with Crippen molar-refractivity contribution in [2.45, 2.75) is 13.2 Å². The van der Waals surface area contributed by atoms with Gasteiger partial charge in [-0.2, -0.15) is 0 Å². The Morgan fingerprint density at radius 3 is 2.50 bits per heavy atom. The van der Waals surface area contributed by atoms with E-state index in [2.05, 4.69) is 11.3 Å². The van der Waals surface area contributed by atoms with E-state index in [1.807, 2.05) is 0 Å². The number of aliphatic hydroxyl groups is 2. The maximum absolute atomic E-state index is 10.5. The molecule has 0 heterocycles. The highest BCUT2D eigenvalue weighted by atomic mass is 16.6. The van der Waals surface area contributed by atoms with Crippen LogP contribution < -0.4 is 0 Å². The van der Waals surface area contributed by atoms with Crippen LogP contribution in [0.2, 0.25) is 0 Å². The monoisotopic (exact) mass is 146 g/mol. The Labute approximate surface area is 58.7 Å². The van der Waals surface area contributed by atoms with E-state index in [-0.39, 0.29) is 5.57 Å². The van der Waals surface area contributed by atoms with Crippen LogP contribution in [0.3, 0.4) is 0 Å². The molecule has 4 heteroatoms. The molecule has 0 aliphatic carbocycles. The van der Waals surface area contributed by atoms with E-state index in [1.165, 1.54) is 6.92 Å². The lowest BCUT2D eigenvalue weighted by Gasteiger charge is -2.04. The summed E-state index contributed by atoms with van der Waals surface area (Å²) in [5, 5.41) is 16.5. The lowest BCUT2D eigenvalue weighted by molar-refractivity contribution is -0.151. The summed E-state index contributed by atoms with van der Waals surface area (Å²) in [5.74, 6) is -0.617. The van der Waals surface area contributed by atoms with Crippen LogP contribution in [0, 0.1) is 0 Å². The molecule has 0 fully saturated rings. The molecule has 0 spiro atoms. The second-order valence-corrected chi connectivity index (χ2v) is 1.86. The van der Waals surface area contributed by atoms with Crippen molar-refractivity contribution in [3.63, 3.8) is 0 Å². The molecule has 0 atom stereocenters. The van der Waals surface area contributed by atoms with Crippen molar-refractivity contribution in [3.05, 3.63) is 12.2 Å². The molecular weight excluding hydrogens is 136 g/mol. The van der Waals surface area contributed by atoms with E-state index >= 15 is 0 Å². The summed E-state index contributed by atoms with van der Waals surface area (Å²) in [6, 6.07) is 0. The Morgan fingerprint density at radius 2 is 2.20 bits per heavy atom. The van der Waals surface area contributed by atoms with E-state index < -0.39 is 18.9 Å². The molecule has 0 rings (SSSR count). The van der Waals surface area contributed by atoms with Gasteiger partial charge < -0.3 is 14.9 Å². The molecule has 0 aromatic rings. The summed E-state index contributed by atoms with van der Waals surface area (Å²) < 4.78 is 4.33. The highest BCUT2D eigenvalue weighted by Gasteiger charge is 2.04. The van der Waals surface area contributed by atoms with Gasteiger partial charge in [-0.1, -0.05) is 6.58 Å². The summed E-state index contributed by atoms with van der Waals surface area (Å²) in [6.45, 7) is 4.36. The molecule has 4 nitrogen and oxygen atoms in total. The van der Waals surface area contributed by atoms with Gasteiger partial charge in [-0.3, -0.25) is 0 Å². The Morgan fingerprint density at radius 1 is 1.70 bits per heavy atom. The second-order valence-electron chi connectivity index (χ2n) is 1.86. The minimum absolute atomic E-state index is 0.237. The van der Waals surface area contributed by atoms with Crippen LogP contribution in [-0.4, -0.2) is 29.1 Å². The summed E-state index contributed by atoms with van der Waals surface area (Å²) >= 11 is 0. The number of aliphatic hydroxyl groups excluding tert-OH is 1. The molecule has 0 aliphatic heterocycles. The average Bonchev–Trinajstić information content (AvgIpc) is 1.82. The predicted molar refractivity (Wildman–Crippen MR) is 34.0 cm³/mol. The highest BCUT2D eigenvalue weighted by molar-refractivity contribution is 5.86. The van der Waals surface area contributed by atoms with Gasteiger partial charge in [-0.05, 0) is 6.92 Å². The fourth-order valence-electron chi connectivity index (χ4n) is 0.273. The van der Waals surface area contributed by atoms with Crippen molar-refractivity contribution in [2.24, 2.45) is 0 Å². The van der Waals surface area contributed by atoms with Gasteiger partial charge in [-0.25, -0.2) is 4.79 Å². The van der Waals surface area contributed by atoms with Crippen LogP contribution >= 0.6 is 0 Å². The lowest BCUT2D eigenvalue weighted by Crippen LogP contribution is -2.17. The molecule has 0 saturated carbocycles.